The van der Waals surface area contributed by atoms with Crippen LogP contribution in [0.25, 0.3) is 11.0 Å². The van der Waals surface area contributed by atoms with Gasteiger partial charge in [-0.25, -0.2) is 0 Å². The van der Waals surface area contributed by atoms with E-state index in [9.17, 15) is 9.90 Å². The maximum absolute atomic E-state index is 13.3. The van der Waals surface area contributed by atoms with Crippen LogP contribution in [0.3, 0.4) is 0 Å². The molecular formula is C20H36N4O4Si. The predicted octanol–water partition coefficient (Wildman–Crippen LogP) is 3.83. The molecule has 0 aliphatic rings. The van der Waals surface area contributed by atoms with E-state index in [1.165, 1.54) is 4.73 Å². The van der Waals surface area contributed by atoms with Crippen LogP contribution in [0.15, 0.2) is 17.1 Å². The number of ether oxygens (including phenoxy) is 1. The van der Waals surface area contributed by atoms with Crippen molar-refractivity contribution in [2.45, 2.75) is 91.0 Å². The van der Waals surface area contributed by atoms with Gasteiger partial charge in [0.15, 0.2) is 5.65 Å². The predicted molar refractivity (Wildman–Crippen MR) is 118 cm³/mol. The normalized spacial score (nSPS) is 14.2. The molecule has 0 aliphatic heterocycles. The molecule has 1 atom stereocenters. The Bertz CT molecular complexity index is 861. The molecule has 0 aromatic carbocycles. The molecule has 9 heteroatoms. The Hall–Kier alpha value is -1.84. The topological polar surface area (TPSA) is 101 Å². The molecule has 0 radical (unpaired) electrons. The van der Waals surface area contributed by atoms with E-state index >= 15 is 0 Å². The molecule has 0 bridgehead atoms. The van der Waals surface area contributed by atoms with Gasteiger partial charge in [0.2, 0.25) is 6.41 Å². The van der Waals surface area contributed by atoms with Crippen LogP contribution in [0, 0.1) is 0 Å². The number of fused-ring (bicyclic) bond motifs is 1. The maximum Gasteiger partial charge on any atom is 0.307 e. The van der Waals surface area contributed by atoms with Gasteiger partial charge in [0, 0.05) is 5.39 Å². The third kappa shape index (κ3) is 4.84. The first-order chi connectivity index (χ1) is 13.3. The Morgan fingerprint density at radius 2 is 1.69 bits per heavy atom. The van der Waals surface area contributed by atoms with Gasteiger partial charge in [0.05, 0.1) is 11.8 Å². The van der Waals surface area contributed by atoms with Crippen molar-refractivity contribution in [1.82, 2.24) is 14.9 Å². The number of nitrogens with zero attached hydrogens (tertiary/aromatic N) is 2. The van der Waals surface area contributed by atoms with Crippen LogP contribution in [0.1, 0.15) is 62.3 Å². The van der Waals surface area contributed by atoms with E-state index in [0.29, 0.717) is 27.7 Å². The zero-order valence-electron chi connectivity index (χ0n) is 19.0. The fourth-order valence-electron chi connectivity index (χ4n) is 4.15. The Labute approximate surface area is 173 Å². The minimum atomic E-state index is -2.40. The van der Waals surface area contributed by atoms with Gasteiger partial charge in [-0.2, -0.15) is 5.10 Å². The van der Waals surface area contributed by atoms with Crippen molar-refractivity contribution in [3.05, 3.63) is 22.6 Å². The quantitative estimate of drug-likeness (QED) is 0.440. The van der Waals surface area contributed by atoms with Crippen molar-refractivity contribution in [3.8, 4) is 0 Å². The molecule has 2 rings (SSSR count). The van der Waals surface area contributed by atoms with Crippen LogP contribution >= 0.6 is 0 Å². The Kier molecular flexibility index (Phi) is 6.86. The molecule has 0 saturated carbocycles. The number of pyridine rings is 1. The Morgan fingerprint density at radius 3 is 2.17 bits per heavy atom. The average molecular weight is 425 g/mol. The van der Waals surface area contributed by atoms with E-state index in [1.54, 1.807) is 12.3 Å². The molecule has 0 spiro atoms. The number of aliphatic hydroxyl groups excluding tert-OH is 1. The van der Waals surface area contributed by atoms with Gasteiger partial charge in [-0.3, -0.25) is 9.89 Å². The molecule has 164 valence electrons. The first-order valence-electron chi connectivity index (χ1n) is 10.2. The second-order valence-corrected chi connectivity index (χ2v) is 14.8. The van der Waals surface area contributed by atoms with Crippen LogP contribution in [-0.4, -0.2) is 40.4 Å². The molecule has 29 heavy (non-hydrogen) atoms. The van der Waals surface area contributed by atoms with E-state index in [2.05, 4.69) is 57.1 Å². The average Bonchev–Trinajstić information content (AvgIpc) is 3.00. The molecule has 0 saturated heterocycles. The molecule has 1 unspecified atom stereocenters. The number of aromatic nitrogens is 3. The van der Waals surface area contributed by atoms with Crippen LogP contribution < -0.4 is 15.4 Å². The molecule has 2 heterocycles. The third-order valence-electron chi connectivity index (χ3n) is 5.27. The molecule has 2 aromatic heterocycles. The van der Waals surface area contributed by atoms with Crippen LogP contribution in [-0.2, 0) is 4.74 Å². The number of anilines is 1. The summed E-state index contributed by atoms with van der Waals surface area (Å²) in [6.45, 7) is 18.4. The summed E-state index contributed by atoms with van der Waals surface area (Å²) in [4.78, 5) is 13.3. The van der Waals surface area contributed by atoms with Crippen LogP contribution in [0.4, 0.5) is 5.69 Å². The summed E-state index contributed by atoms with van der Waals surface area (Å²) in [5, 5.41) is 20.6. The summed E-state index contributed by atoms with van der Waals surface area (Å²) in [7, 11) is -2.40. The van der Waals surface area contributed by atoms with Gasteiger partial charge in [0.25, 0.3) is 8.32 Å². The first-order valence-corrected chi connectivity index (χ1v) is 12.3. The van der Waals surface area contributed by atoms with E-state index in [-0.39, 0.29) is 5.69 Å². The molecule has 0 fully saturated rings. The number of H-pyrrole nitrogens is 1. The van der Waals surface area contributed by atoms with E-state index in [1.807, 2.05) is 20.8 Å². The number of hydrogen-bond donors (Lipinski definition) is 3. The Morgan fingerprint density at radius 1 is 1.14 bits per heavy atom. The highest BCUT2D eigenvalue weighted by Crippen LogP contribution is 2.40. The maximum atomic E-state index is 13.3. The fraction of sp³-hybridized carbons (Fsp3) is 0.700. The third-order valence-corrected chi connectivity index (χ3v) is 11.2. The van der Waals surface area contributed by atoms with E-state index in [0.717, 1.165) is 0 Å². The number of rotatable bonds is 8. The zero-order valence-corrected chi connectivity index (χ0v) is 20.0. The molecule has 0 aliphatic carbocycles. The summed E-state index contributed by atoms with van der Waals surface area (Å²) in [5.41, 5.74) is 0.602. The minimum absolute atomic E-state index is 0.190. The summed E-state index contributed by atoms with van der Waals surface area (Å²) in [6, 6.07) is 1.64. The molecule has 3 N–H and O–H groups in total. The SMILES string of the molecule is CC(C)[Si](On1c(=O)c(NC(O)OC(C)(C)C)cc2cn[nH]c21)(C(C)C)C(C)C. The standard InChI is InChI=1S/C20H36N4O4Si/c1-12(2)29(13(3)4,14(5)6)28-24-17-15(11-21-23-17)10-16(18(24)25)22-19(26)27-20(7,8)9/h10-14,19,22,26H,1-9H3,(H,21,23). The smallest absolute Gasteiger partial charge is 0.307 e. The number of hydrogen-bond acceptors (Lipinski definition) is 6. The van der Waals surface area contributed by atoms with Crippen molar-refractivity contribution in [2.24, 2.45) is 0 Å². The highest BCUT2D eigenvalue weighted by molar-refractivity contribution is 6.77. The van der Waals surface area contributed by atoms with Crippen molar-refractivity contribution < 1.29 is 14.4 Å². The molecule has 0 amide bonds. The molecule has 8 nitrogen and oxygen atoms in total. The van der Waals surface area contributed by atoms with Gasteiger partial charge in [-0.1, -0.05) is 41.5 Å². The lowest BCUT2D eigenvalue weighted by molar-refractivity contribution is -0.148. The lowest BCUT2D eigenvalue weighted by Gasteiger charge is -2.41. The van der Waals surface area contributed by atoms with Gasteiger partial charge in [0.1, 0.15) is 5.69 Å². The number of nitrogens with one attached hydrogen (secondary N) is 2. The number of aliphatic hydroxyl groups is 1. The molecule has 2 aromatic rings. The van der Waals surface area contributed by atoms with E-state index < -0.39 is 25.9 Å². The highest BCUT2D eigenvalue weighted by atomic mass is 28.4. The van der Waals surface area contributed by atoms with Crippen LogP contribution in [0.5, 0.6) is 0 Å². The highest BCUT2D eigenvalue weighted by Gasteiger charge is 2.48. The fourth-order valence-corrected chi connectivity index (χ4v) is 9.27. The minimum Gasteiger partial charge on any atom is -0.464 e. The summed E-state index contributed by atoms with van der Waals surface area (Å²) in [5.74, 6) is 0. The number of aromatic amines is 1. The lowest BCUT2D eigenvalue weighted by atomic mass is 10.2. The molecular weight excluding hydrogens is 388 g/mol. The monoisotopic (exact) mass is 424 g/mol. The van der Waals surface area contributed by atoms with Crippen molar-refractivity contribution >= 4 is 25.0 Å². The van der Waals surface area contributed by atoms with Gasteiger partial charge in [-0.15, -0.1) is 4.73 Å². The van der Waals surface area contributed by atoms with Crippen molar-refractivity contribution in [3.63, 3.8) is 0 Å². The van der Waals surface area contributed by atoms with Gasteiger partial charge < -0.3 is 19.7 Å². The largest absolute Gasteiger partial charge is 0.464 e. The van der Waals surface area contributed by atoms with E-state index in [4.69, 9.17) is 9.26 Å². The zero-order chi connectivity index (χ0) is 22.1. The summed E-state index contributed by atoms with van der Waals surface area (Å²) >= 11 is 0. The second kappa shape index (κ2) is 8.49. The van der Waals surface area contributed by atoms with Crippen molar-refractivity contribution in [1.29, 1.82) is 0 Å². The van der Waals surface area contributed by atoms with Gasteiger partial charge in [-0.05, 0) is 43.5 Å². The first kappa shape index (κ1) is 23.4. The van der Waals surface area contributed by atoms with Crippen molar-refractivity contribution in [2.75, 3.05) is 5.32 Å². The second-order valence-electron chi connectivity index (χ2n) is 9.47. The van der Waals surface area contributed by atoms with Crippen LogP contribution in [0.2, 0.25) is 16.6 Å². The summed E-state index contributed by atoms with van der Waals surface area (Å²) in [6.07, 6.45) is 0.294. The summed E-state index contributed by atoms with van der Waals surface area (Å²) < 4.78 is 13.4. The van der Waals surface area contributed by atoms with Gasteiger partial charge >= 0.3 is 5.56 Å². The lowest BCUT2D eigenvalue weighted by Crippen LogP contribution is -2.56. The Balaban J connectivity index is 2.57.